The highest BCUT2D eigenvalue weighted by Crippen LogP contribution is 2.25. The molecule has 0 spiro atoms. The normalized spacial score (nSPS) is 16.5. The first-order valence-electron chi connectivity index (χ1n) is 8.12. The summed E-state index contributed by atoms with van der Waals surface area (Å²) in [6.07, 6.45) is 9.34. The van der Waals surface area contributed by atoms with Crippen LogP contribution in [0.3, 0.4) is 0 Å². The topological polar surface area (TPSA) is 63.8 Å². The predicted octanol–water partition coefficient (Wildman–Crippen LogP) is 3.37. The van der Waals surface area contributed by atoms with Crippen LogP contribution in [0.2, 0.25) is 0 Å². The van der Waals surface area contributed by atoms with Gasteiger partial charge in [0, 0.05) is 6.04 Å². The van der Waals surface area contributed by atoms with Gasteiger partial charge in [0.15, 0.2) is 5.82 Å². The number of anilines is 1. The van der Waals surface area contributed by atoms with Crippen molar-refractivity contribution in [3.8, 4) is 0 Å². The van der Waals surface area contributed by atoms with Gasteiger partial charge >= 0.3 is 0 Å². The highest BCUT2D eigenvalue weighted by Gasteiger charge is 2.20. The molecule has 1 fully saturated rings. The monoisotopic (exact) mass is 306 g/mol. The third-order valence-corrected chi connectivity index (χ3v) is 4.49. The maximum absolute atomic E-state index is 5.97. The second kappa shape index (κ2) is 7.69. The molecule has 1 aliphatic rings. The average molecular weight is 306 g/mol. The number of thiocarbonyl (C=S) groups is 1. The molecule has 0 saturated heterocycles. The SMILES string of the molecule is CCc1nnc(NC2CCCCCC2)c(C(N)=S)c1CC. The molecule has 1 aromatic heterocycles. The van der Waals surface area contributed by atoms with Gasteiger partial charge in [-0.2, -0.15) is 5.10 Å². The van der Waals surface area contributed by atoms with Crippen molar-refractivity contribution in [2.75, 3.05) is 5.32 Å². The van der Waals surface area contributed by atoms with E-state index < -0.39 is 0 Å². The van der Waals surface area contributed by atoms with Gasteiger partial charge in [-0.3, -0.25) is 0 Å². The van der Waals surface area contributed by atoms with Gasteiger partial charge in [-0.15, -0.1) is 5.10 Å². The summed E-state index contributed by atoms with van der Waals surface area (Å²) < 4.78 is 0. The Morgan fingerprint density at radius 1 is 1.14 bits per heavy atom. The number of hydrogen-bond acceptors (Lipinski definition) is 4. The van der Waals surface area contributed by atoms with Gasteiger partial charge in [0.05, 0.1) is 11.3 Å². The Kier molecular flexibility index (Phi) is 5.91. The van der Waals surface area contributed by atoms with Crippen molar-refractivity contribution >= 4 is 23.0 Å². The Labute approximate surface area is 132 Å². The lowest BCUT2D eigenvalue weighted by atomic mass is 10.0. The van der Waals surface area contributed by atoms with Crippen LogP contribution < -0.4 is 11.1 Å². The summed E-state index contributed by atoms with van der Waals surface area (Å²) in [6, 6.07) is 0.465. The average Bonchev–Trinajstić information content (AvgIpc) is 2.74. The smallest absolute Gasteiger partial charge is 0.159 e. The van der Waals surface area contributed by atoms with Crippen LogP contribution in [0.1, 0.15) is 69.2 Å². The molecule has 1 aromatic rings. The number of rotatable bonds is 5. The van der Waals surface area contributed by atoms with Crippen LogP contribution >= 0.6 is 12.2 Å². The largest absolute Gasteiger partial charge is 0.389 e. The standard InChI is InChI=1S/C16H26N4S/c1-3-12-13(4-2)19-20-16(14(12)15(17)21)18-11-9-7-5-6-8-10-11/h11H,3-10H2,1-2H3,(H2,17,21)(H,18,20). The number of nitrogens with zero attached hydrogens (tertiary/aromatic N) is 2. The van der Waals surface area contributed by atoms with Gasteiger partial charge in [-0.05, 0) is 31.2 Å². The second-order valence-electron chi connectivity index (χ2n) is 5.75. The van der Waals surface area contributed by atoms with Crippen molar-refractivity contribution in [3.63, 3.8) is 0 Å². The van der Waals surface area contributed by atoms with Gasteiger partial charge in [-0.25, -0.2) is 0 Å². The molecule has 116 valence electrons. The molecule has 0 radical (unpaired) electrons. The summed E-state index contributed by atoms with van der Waals surface area (Å²) in [5.41, 5.74) is 9.04. The number of nitrogens with two attached hydrogens (primary N) is 1. The van der Waals surface area contributed by atoms with Gasteiger partial charge < -0.3 is 11.1 Å². The molecule has 0 aliphatic heterocycles. The summed E-state index contributed by atoms with van der Waals surface area (Å²) in [5, 5.41) is 12.3. The minimum absolute atomic E-state index is 0.424. The summed E-state index contributed by atoms with van der Waals surface area (Å²) in [6.45, 7) is 4.21. The number of nitrogens with one attached hydrogen (secondary N) is 1. The Bertz CT molecular complexity index is 493. The Balaban J connectivity index is 2.31. The van der Waals surface area contributed by atoms with Crippen LogP contribution in [0.15, 0.2) is 0 Å². The maximum atomic E-state index is 5.97. The van der Waals surface area contributed by atoms with Crippen LogP contribution in [0.5, 0.6) is 0 Å². The molecule has 0 aromatic carbocycles. The lowest BCUT2D eigenvalue weighted by molar-refractivity contribution is 0.615. The first-order chi connectivity index (χ1) is 10.2. The molecule has 0 amide bonds. The molecule has 0 atom stereocenters. The molecule has 5 heteroatoms. The minimum Gasteiger partial charge on any atom is -0.389 e. The molecule has 1 aliphatic carbocycles. The minimum atomic E-state index is 0.424. The fraction of sp³-hybridized carbons (Fsp3) is 0.688. The first-order valence-corrected chi connectivity index (χ1v) is 8.52. The molecule has 2 rings (SSSR count). The lowest BCUT2D eigenvalue weighted by Gasteiger charge is -2.21. The van der Waals surface area contributed by atoms with Gasteiger partial charge in [0.1, 0.15) is 4.99 Å². The van der Waals surface area contributed by atoms with E-state index in [0.717, 1.165) is 35.5 Å². The van der Waals surface area contributed by atoms with Gasteiger partial charge in [-0.1, -0.05) is 51.7 Å². The van der Waals surface area contributed by atoms with Crippen molar-refractivity contribution in [1.82, 2.24) is 10.2 Å². The highest BCUT2D eigenvalue weighted by molar-refractivity contribution is 7.80. The predicted molar refractivity (Wildman–Crippen MR) is 91.8 cm³/mol. The molecule has 1 heterocycles. The molecule has 4 nitrogen and oxygen atoms in total. The van der Waals surface area contributed by atoms with Crippen LogP contribution in [0, 0.1) is 0 Å². The van der Waals surface area contributed by atoms with E-state index in [1.54, 1.807) is 0 Å². The Hall–Kier alpha value is -1.23. The number of hydrogen-bond donors (Lipinski definition) is 2. The third-order valence-electron chi connectivity index (χ3n) is 4.29. The highest BCUT2D eigenvalue weighted by atomic mass is 32.1. The summed E-state index contributed by atoms with van der Waals surface area (Å²) >= 11 is 5.28. The number of aryl methyl sites for hydroxylation is 1. The maximum Gasteiger partial charge on any atom is 0.159 e. The van der Waals surface area contributed by atoms with E-state index in [2.05, 4.69) is 29.4 Å². The lowest BCUT2D eigenvalue weighted by Crippen LogP contribution is -2.25. The van der Waals surface area contributed by atoms with Gasteiger partial charge in [0.25, 0.3) is 0 Å². The molecule has 3 N–H and O–H groups in total. The van der Waals surface area contributed by atoms with E-state index in [1.165, 1.54) is 38.5 Å². The zero-order valence-corrected chi connectivity index (χ0v) is 13.9. The Morgan fingerprint density at radius 2 is 1.81 bits per heavy atom. The van der Waals surface area contributed by atoms with Crippen molar-refractivity contribution in [1.29, 1.82) is 0 Å². The fourth-order valence-corrected chi connectivity index (χ4v) is 3.38. The van der Waals surface area contributed by atoms with Gasteiger partial charge in [0.2, 0.25) is 0 Å². The summed E-state index contributed by atoms with van der Waals surface area (Å²) in [5.74, 6) is 0.781. The zero-order chi connectivity index (χ0) is 15.2. The molecule has 0 bridgehead atoms. The first kappa shape index (κ1) is 16.1. The zero-order valence-electron chi connectivity index (χ0n) is 13.1. The second-order valence-corrected chi connectivity index (χ2v) is 6.19. The van der Waals surface area contributed by atoms with E-state index in [4.69, 9.17) is 18.0 Å². The molecular formula is C16H26N4S. The van der Waals surface area contributed by atoms with Crippen molar-refractivity contribution in [2.45, 2.75) is 71.3 Å². The van der Waals surface area contributed by atoms with E-state index in [-0.39, 0.29) is 0 Å². The molecule has 0 unspecified atom stereocenters. The van der Waals surface area contributed by atoms with Crippen molar-refractivity contribution in [2.24, 2.45) is 5.73 Å². The van der Waals surface area contributed by atoms with E-state index in [1.807, 2.05) is 0 Å². The molecular weight excluding hydrogens is 280 g/mol. The summed E-state index contributed by atoms with van der Waals surface area (Å²) in [4.78, 5) is 0.424. The van der Waals surface area contributed by atoms with E-state index in [9.17, 15) is 0 Å². The quantitative estimate of drug-likeness (QED) is 0.645. The third kappa shape index (κ3) is 3.90. The van der Waals surface area contributed by atoms with Crippen molar-refractivity contribution < 1.29 is 0 Å². The fourth-order valence-electron chi connectivity index (χ4n) is 3.16. The van der Waals surface area contributed by atoms with Crippen LogP contribution in [0.25, 0.3) is 0 Å². The number of aromatic nitrogens is 2. The van der Waals surface area contributed by atoms with E-state index in [0.29, 0.717) is 11.0 Å². The van der Waals surface area contributed by atoms with Crippen LogP contribution in [0.4, 0.5) is 5.82 Å². The van der Waals surface area contributed by atoms with E-state index >= 15 is 0 Å². The molecule has 21 heavy (non-hydrogen) atoms. The Morgan fingerprint density at radius 3 is 2.33 bits per heavy atom. The van der Waals surface area contributed by atoms with Crippen molar-refractivity contribution in [3.05, 3.63) is 16.8 Å². The summed E-state index contributed by atoms with van der Waals surface area (Å²) in [7, 11) is 0. The van der Waals surface area contributed by atoms with Crippen LogP contribution in [-0.2, 0) is 12.8 Å². The van der Waals surface area contributed by atoms with Crippen LogP contribution in [-0.4, -0.2) is 21.2 Å². The molecule has 1 saturated carbocycles.